The Labute approximate surface area is 82.7 Å². The molecule has 1 saturated heterocycles. The number of hydrogen-bond acceptors (Lipinski definition) is 3. The van der Waals surface area contributed by atoms with E-state index in [0.717, 1.165) is 26.2 Å². The summed E-state index contributed by atoms with van der Waals surface area (Å²) in [5, 5.41) is 0. The lowest BCUT2D eigenvalue weighted by Crippen LogP contribution is -2.47. The molecule has 0 atom stereocenters. The maximum Gasteiger partial charge on any atom is 0.272 e. The van der Waals surface area contributed by atoms with Crippen LogP contribution in [0.4, 0.5) is 0 Å². The summed E-state index contributed by atoms with van der Waals surface area (Å²) in [4.78, 5) is 22.5. The minimum Gasteiger partial charge on any atom is -0.341 e. The lowest BCUT2D eigenvalue weighted by molar-refractivity contribution is 0.0659. The lowest BCUT2D eigenvalue weighted by atomic mass is 10.3. The third-order valence-electron chi connectivity index (χ3n) is 2.52. The Morgan fingerprint density at radius 3 is 2.71 bits per heavy atom. The molecule has 5 nitrogen and oxygen atoms in total. The molecule has 1 aromatic heterocycles. The van der Waals surface area contributed by atoms with Gasteiger partial charge in [0.25, 0.3) is 5.91 Å². The summed E-state index contributed by atoms with van der Waals surface area (Å²) in [6.45, 7) is 3.49. The molecule has 2 rings (SSSR count). The Balaban J connectivity index is 1.99. The van der Waals surface area contributed by atoms with Gasteiger partial charge in [0, 0.05) is 26.2 Å². The van der Waals surface area contributed by atoms with Crippen molar-refractivity contribution in [2.24, 2.45) is 0 Å². The summed E-state index contributed by atoms with van der Waals surface area (Å²) in [5.74, 6) is 0.0515. The Bertz CT molecular complexity index is 301. The van der Waals surface area contributed by atoms with Gasteiger partial charge in [-0.1, -0.05) is 0 Å². The van der Waals surface area contributed by atoms with E-state index in [1.54, 1.807) is 6.20 Å². The van der Waals surface area contributed by atoms with Gasteiger partial charge in [-0.15, -0.1) is 0 Å². The second-order valence-corrected chi connectivity index (χ2v) is 3.56. The monoisotopic (exact) mass is 194 g/mol. The Morgan fingerprint density at radius 2 is 2.14 bits per heavy atom. The van der Waals surface area contributed by atoms with Crippen LogP contribution in [-0.4, -0.2) is 58.9 Å². The van der Waals surface area contributed by atoms with Crippen molar-refractivity contribution in [3.05, 3.63) is 18.2 Å². The van der Waals surface area contributed by atoms with Crippen molar-refractivity contribution < 1.29 is 4.79 Å². The minimum absolute atomic E-state index is 0.0515. The van der Waals surface area contributed by atoms with Gasteiger partial charge in [-0.3, -0.25) is 4.79 Å². The van der Waals surface area contributed by atoms with Crippen LogP contribution < -0.4 is 0 Å². The van der Waals surface area contributed by atoms with E-state index in [9.17, 15) is 4.79 Å². The minimum atomic E-state index is 0.0515. The van der Waals surface area contributed by atoms with Crippen LogP contribution in [0.15, 0.2) is 12.5 Å². The second kappa shape index (κ2) is 3.79. The lowest BCUT2D eigenvalue weighted by Gasteiger charge is -2.31. The molecule has 5 heteroatoms. The molecule has 0 aliphatic carbocycles. The van der Waals surface area contributed by atoms with Gasteiger partial charge in [0.15, 0.2) is 0 Å². The Kier molecular flexibility index (Phi) is 2.49. The molecule has 1 N–H and O–H groups in total. The van der Waals surface area contributed by atoms with E-state index >= 15 is 0 Å². The van der Waals surface area contributed by atoms with E-state index < -0.39 is 0 Å². The number of nitrogens with zero attached hydrogens (tertiary/aromatic N) is 3. The normalized spacial score (nSPS) is 18.5. The molecule has 0 aromatic carbocycles. The molecule has 0 saturated carbocycles. The molecule has 0 unspecified atom stereocenters. The van der Waals surface area contributed by atoms with E-state index in [1.165, 1.54) is 6.33 Å². The van der Waals surface area contributed by atoms with Crippen molar-refractivity contribution in [1.82, 2.24) is 19.8 Å². The van der Waals surface area contributed by atoms with Crippen LogP contribution in [0.3, 0.4) is 0 Å². The van der Waals surface area contributed by atoms with Crippen molar-refractivity contribution in [2.45, 2.75) is 0 Å². The van der Waals surface area contributed by atoms with Crippen LogP contribution in [0.5, 0.6) is 0 Å². The molecule has 14 heavy (non-hydrogen) atoms. The quantitative estimate of drug-likeness (QED) is 0.673. The Hall–Kier alpha value is -1.36. The van der Waals surface area contributed by atoms with Crippen LogP contribution in [0.25, 0.3) is 0 Å². The first-order valence-corrected chi connectivity index (χ1v) is 4.73. The molecule has 76 valence electrons. The number of nitrogens with one attached hydrogen (secondary N) is 1. The number of hydrogen-bond donors (Lipinski definition) is 1. The molecule has 0 spiro atoms. The third kappa shape index (κ3) is 1.77. The molecule has 0 bridgehead atoms. The molecule has 1 aliphatic rings. The van der Waals surface area contributed by atoms with Crippen molar-refractivity contribution in [3.63, 3.8) is 0 Å². The molecular weight excluding hydrogens is 180 g/mol. The first-order chi connectivity index (χ1) is 6.77. The van der Waals surface area contributed by atoms with E-state index in [4.69, 9.17) is 0 Å². The van der Waals surface area contributed by atoms with Crippen molar-refractivity contribution >= 4 is 5.91 Å². The second-order valence-electron chi connectivity index (χ2n) is 3.56. The molecule has 1 aliphatic heterocycles. The standard InChI is InChI=1S/C9H14N4O/c1-12-2-4-13(5-3-12)9(14)8-6-10-7-11-8/h6-7H,2-5H2,1H3,(H,10,11). The highest BCUT2D eigenvalue weighted by molar-refractivity contribution is 5.92. The molecule has 0 radical (unpaired) electrons. The number of imidazole rings is 1. The highest BCUT2D eigenvalue weighted by Crippen LogP contribution is 2.04. The fraction of sp³-hybridized carbons (Fsp3) is 0.556. The van der Waals surface area contributed by atoms with Gasteiger partial charge >= 0.3 is 0 Å². The summed E-state index contributed by atoms with van der Waals surface area (Å²) < 4.78 is 0. The number of piperazine rings is 1. The maximum atomic E-state index is 11.8. The number of H-pyrrole nitrogens is 1. The average Bonchev–Trinajstić information content (AvgIpc) is 2.71. The van der Waals surface area contributed by atoms with Crippen LogP contribution >= 0.6 is 0 Å². The van der Waals surface area contributed by atoms with Gasteiger partial charge in [-0.25, -0.2) is 4.98 Å². The third-order valence-corrected chi connectivity index (χ3v) is 2.52. The van der Waals surface area contributed by atoms with Gasteiger partial charge in [-0.05, 0) is 7.05 Å². The van der Waals surface area contributed by atoms with Crippen LogP contribution in [0, 0.1) is 0 Å². The molecule has 1 amide bonds. The number of aromatic amines is 1. The topological polar surface area (TPSA) is 52.2 Å². The Morgan fingerprint density at radius 1 is 1.43 bits per heavy atom. The number of rotatable bonds is 1. The fourth-order valence-corrected chi connectivity index (χ4v) is 1.55. The van der Waals surface area contributed by atoms with E-state index in [1.807, 2.05) is 4.90 Å². The van der Waals surface area contributed by atoms with Gasteiger partial charge in [-0.2, -0.15) is 0 Å². The van der Waals surface area contributed by atoms with Crippen LogP contribution in [0.2, 0.25) is 0 Å². The largest absolute Gasteiger partial charge is 0.341 e. The molecular formula is C9H14N4O. The molecule has 1 aromatic rings. The number of aromatic nitrogens is 2. The highest BCUT2D eigenvalue weighted by atomic mass is 16.2. The first kappa shape index (κ1) is 9.21. The van der Waals surface area contributed by atoms with Crippen LogP contribution in [-0.2, 0) is 0 Å². The fourth-order valence-electron chi connectivity index (χ4n) is 1.55. The zero-order valence-corrected chi connectivity index (χ0v) is 8.23. The smallest absolute Gasteiger partial charge is 0.272 e. The van der Waals surface area contributed by atoms with Crippen molar-refractivity contribution in [3.8, 4) is 0 Å². The summed E-state index contributed by atoms with van der Waals surface area (Å²) >= 11 is 0. The number of carbonyl (C=O) groups excluding carboxylic acids is 1. The summed E-state index contributed by atoms with van der Waals surface area (Å²) in [6.07, 6.45) is 3.10. The van der Waals surface area contributed by atoms with Gasteiger partial charge in [0.2, 0.25) is 0 Å². The predicted molar refractivity (Wildman–Crippen MR) is 52.0 cm³/mol. The van der Waals surface area contributed by atoms with Gasteiger partial charge in [0.1, 0.15) is 5.69 Å². The summed E-state index contributed by atoms with van der Waals surface area (Å²) in [5.41, 5.74) is 0.578. The van der Waals surface area contributed by atoms with Crippen molar-refractivity contribution in [1.29, 1.82) is 0 Å². The first-order valence-electron chi connectivity index (χ1n) is 4.73. The number of likely N-dealkylation sites (N-methyl/N-ethyl adjacent to an activating group) is 1. The van der Waals surface area contributed by atoms with E-state index in [2.05, 4.69) is 21.9 Å². The molecule has 1 fully saturated rings. The predicted octanol–water partition coefficient (Wildman–Crippen LogP) is -0.203. The van der Waals surface area contributed by atoms with E-state index in [0.29, 0.717) is 5.69 Å². The van der Waals surface area contributed by atoms with Gasteiger partial charge in [0.05, 0.1) is 12.5 Å². The average molecular weight is 194 g/mol. The maximum absolute atomic E-state index is 11.8. The number of carbonyl (C=O) groups is 1. The SMILES string of the molecule is CN1CCN(C(=O)c2cnc[nH]2)CC1. The zero-order chi connectivity index (χ0) is 9.97. The highest BCUT2D eigenvalue weighted by Gasteiger charge is 2.20. The summed E-state index contributed by atoms with van der Waals surface area (Å²) in [7, 11) is 2.07. The van der Waals surface area contributed by atoms with E-state index in [-0.39, 0.29) is 5.91 Å². The van der Waals surface area contributed by atoms with Crippen molar-refractivity contribution in [2.75, 3.05) is 33.2 Å². The molecule has 2 heterocycles. The van der Waals surface area contributed by atoms with Gasteiger partial charge < -0.3 is 14.8 Å². The van der Waals surface area contributed by atoms with Crippen LogP contribution in [0.1, 0.15) is 10.5 Å². The zero-order valence-electron chi connectivity index (χ0n) is 8.23. The number of amides is 1. The summed E-state index contributed by atoms with van der Waals surface area (Å²) in [6, 6.07) is 0.